The first-order valence-corrected chi connectivity index (χ1v) is 7.15. The first-order chi connectivity index (χ1) is 8.57. The Morgan fingerprint density at radius 2 is 2.28 bits per heavy atom. The summed E-state index contributed by atoms with van der Waals surface area (Å²) in [5, 5.41) is 3.50. The Kier molecular flexibility index (Phi) is 4.28. The van der Waals surface area contributed by atoms with Crippen molar-refractivity contribution < 1.29 is 9.53 Å². The molecule has 0 aliphatic carbocycles. The minimum atomic E-state index is -0.440. The van der Waals surface area contributed by atoms with Crippen LogP contribution in [0.1, 0.15) is 39.5 Å². The molecule has 2 saturated heterocycles. The average molecular weight is 254 g/mol. The van der Waals surface area contributed by atoms with E-state index in [1.165, 1.54) is 26.5 Å². The van der Waals surface area contributed by atoms with Crippen molar-refractivity contribution >= 4 is 5.97 Å². The van der Waals surface area contributed by atoms with Gasteiger partial charge in [0.15, 0.2) is 0 Å². The van der Waals surface area contributed by atoms with E-state index >= 15 is 0 Å². The van der Waals surface area contributed by atoms with Gasteiger partial charge >= 0.3 is 5.97 Å². The first-order valence-electron chi connectivity index (χ1n) is 7.15. The van der Waals surface area contributed by atoms with Crippen LogP contribution in [0, 0.1) is 5.92 Å². The molecular weight excluding hydrogens is 228 g/mol. The molecule has 0 aromatic heterocycles. The lowest BCUT2D eigenvalue weighted by molar-refractivity contribution is -0.151. The molecule has 2 fully saturated rings. The highest BCUT2D eigenvalue weighted by Crippen LogP contribution is 2.34. The standard InChI is InChI=1S/C14H26N2O2/c1-11(2)10-15-14(13(17)18-3)6-8-16-7-4-5-12(16)9-14/h11-12,15H,4-10H2,1-3H3. The number of esters is 1. The van der Waals surface area contributed by atoms with Gasteiger partial charge in [-0.1, -0.05) is 13.8 Å². The van der Waals surface area contributed by atoms with E-state index < -0.39 is 5.54 Å². The second kappa shape index (κ2) is 5.57. The summed E-state index contributed by atoms with van der Waals surface area (Å²) in [4.78, 5) is 14.7. The Hall–Kier alpha value is -0.610. The van der Waals surface area contributed by atoms with Crippen molar-refractivity contribution in [3.8, 4) is 0 Å². The highest BCUT2D eigenvalue weighted by Gasteiger charge is 2.47. The van der Waals surface area contributed by atoms with Gasteiger partial charge in [0.25, 0.3) is 0 Å². The van der Waals surface area contributed by atoms with Gasteiger partial charge in [-0.3, -0.25) is 4.79 Å². The molecule has 2 aliphatic heterocycles. The summed E-state index contributed by atoms with van der Waals surface area (Å²) in [5.74, 6) is 0.475. The number of fused-ring (bicyclic) bond motifs is 1. The fraction of sp³-hybridized carbons (Fsp3) is 0.929. The smallest absolute Gasteiger partial charge is 0.326 e. The van der Waals surface area contributed by atoms with Crippen molar-refractivity contribution in [2.24, 2.45) is 5.92 Å². The molecule has 0 radical (unpaired) electrons. The maximum atomic E-state index is 12.2. The zero-order chi connectivity index (χ0) is 13.2. The van der Waals surface area contributed by atoms with Gasteiger partial charge in [0.2, 0.25) is 0 Å². The number of carbonyl (C=O) groups excluding carboxylic acids is 1. The summed E-state index contributed by atoms with van der Waals surface area (Å²) >= 11 is 0. The number of methoxy groups -OCH3 is 1. The molecule has 104 valence electrons. The predicted octanol–water partition coefficient (Wildman–Crippen LogP) is 1.40. The molecule has 2 heterocycles. The van der Waals surface area contributed by atoms with Gasteiger partial charge in [-0.2, -0.15) is 0 Å². The third-order valence-corrected chi connectivity index (χ3v) is 4.33. The molecule has 0 aromatic rings. The number of hydrogen-bond donors (Lipinski definition) is 1. The normalized spacial score (nSPS) is 32.6. The first kappa shape index (κ1) is 13.8. The van der Waals surface area contributed by atoms with E-state index in [0.29, 0.717) is 12.0 Å². The fourth-order valence-electron chi connectivity index (χ4n) is 3.27. The quantitative estimate of drug-likeness (QED) is 0.770. The van der Waals surface area contributed by atoms with E-state index in [1.807, 2.05) is 0 Å². The topological polar surface area (TPSA) is 41.6 Å². The van der Waals surface area contributed by atoms with Crippen LogP contribution >= 0.6 is 0 Å². The third-order valence-electron chi connectivity index (χ3n) is 4.33. The zero-order valence-electron chi connectivity index (χ0n) is 11.9. The summed E-state index contributed by atoms with van der Waals surface area (Å²) in [6.45, 7) is 7.43. The van der Waals surface area contributed by atoms with Gasteiger partial charge in [0.05, 0.1) is 7.11 Å². The number of carbonyl (C=O) groups is 1. The van der Waals surface area contributed by atoms with Gasteiger partial charge in [0, 0.05) is 12.6 Å². The largest absolute Gasteiger partial charge is 0.468 e. The van der Waals surface area contributed by atoms with E-state index in [2.05, 4.69) is 24.1 Å². The highest BCUT2D eigenvalue weighted by atomic mass is 16.5. The summed E-state index contributed by atoms with van der Waals surface area (Å²) in [5.41, 5.74) is -0.440. The van der Waals surface area contributed by atoms with Gasteiger partial charge in [-0.15, -0.1) is 0 Å². The Bertz CT molecular complexity index is 306. The van der Waals surface area contributed by atoms with Gasteiger partial charge < -0.3 is 15.0 Å². The van der Waals surface area contributed by atoms with Gasteiger partial charge in [-0.25, -0.2) is 0 Å². The summed E-state index contributed by atoms with van der Waals surface area (Å²) in [6.07, 6.45) is 4.28. The molecule has 0 bridgehead atoms. The van der Waals surface area contributed by atoms with E-state index in [9.17, 15) is 4.79 Å². The van der Waals surface area contributed by atoms with E-state index in [4.69, 9.17) is 4.74 Å². The number of nitrogens with one attached hydrogen (secondary N) is 1. The third kappa shape index (κ3) is 2.69. The minimum Gasteiger partial charge on any atom is -0.468 e. The molecule has 18 heavy (non-hydrogen) atoms. The Labute approximate surface area is 110 Å². The SMILES string of the molecule is COC(=O)C1(NCC(C)C)CCN2CCCC2C1. The molecule has 0 spiro atoms. The molecule has 4 heteroatoms. The van der Waals surface area contributed by atoms with Crippen LogP contribution in [0.3, 0.4) is 0 Å². The van der Waals surface area contributed by atoms with Crippen LogP contribution < -0.4 is 5.32 Å². The molecule has 2 aliphatic rings. The van der Waals surface area contributed by atoms with Crippen molar-refractivity contribution in [3.63, 3.8) is 0 Å². The number of piperidine rings is 1. The lowest BCUT2D eigenvalue weighted by atomic mass is 9.83. The monoisotopic (exact) mass is 254 g/mol. The number of nitrogens with zero attached hydrogens (tertiary/aromatic N) is 1. The molecule has 2 unspecified atom stereocenters. The summed E-state index contributed by atoms with van der Waals surface area (Å²) in [6, 6.07) is 0.567. The maximum Gasteiger partial charge on any atom is 0.326 e. The fourth-order valence-corrected chi connectivity index (χ4v) is 3.27. The van der Waals surface area contributed by atoms with Crippen LogP contribution in [0.4, 0.5) is 0 Å². The Balaban J connectivity index is 2.07. The molecule has 0 aromatic carbocycles. The number of rotatable bonds is 4. The van der Waals surface area contributed by atoms with Crippen LogP contribution in [0.5, 0.6) is 0 Å². The summed E-state index contributed by atoms with van der Waals surface area (Å²) in [7, 11) is 1.50. The van der Waals surface area contributed by atoms with Crippen LogP contribution in [-0.2, 0) is 9.53 Å². The van der Waals surface area contributed by atoms with E-state index in [0.717, 1.165) is 25.9 Å². The summed E-state index contributed by atoms with van der Waals surface area (Å²) < 4.78 is 5.05. The highest BCUT2D eigenvalue weighted by molar-refractivity contribution is 5.81. The number of ether oxygens (including phenoxy) is 1. The molecular formula is C14H26N2O2. The van der Waals surface area contributed by atoms with E-state index in [-0.39, 0.29) is 5.97 Å². The number of hydrogen-bond acceptors (Lipinski definition) is 4. The molecule has 2 rings (SSSR count). The molecule has 0 saturated carbocycles. The predicted molar refractivity (Wildman–Crippen MR) is 71.4 cm³/mol. The lowest BCUT2D eigenvalue weighted by Gasteiger charge is -2.43. The van der Waals surface area contributed by atoms with Crippen molar-refractivity contribution in [3.05, 3.63) is 0 Å². The van der Waals surface area contributed by atoms with Crippen molar-refractivity contribution in [1.29, 1.82) is 0 Å². The molecule has 1 N–H and O–H groups in total. The van der Waals surface area contributed by atoms with Crippen LogP contribution in [-0.4, -0.2) is 49.2 Å². The average Bonchev–Trinajstić information content (AvgIpc) is 2.82. The Morgan fingerprint density at radius 3 is 2.94 bits per heavy atom. The molecule has 4 nitrogen and oxygen atoms in total. The molecule has 0 amide bonds. The van der Waals surface area contributed by atoms with Crippen LogP contribution in [0.15, 0.2) is 0 Å². The minimum absolute atomic E-state index is 0.0744. The van der Waals surface area contributed by atoms with Gasteiger partial charge in [0.1, 0.15) is 5.54 Å². The van der Waals surface area contributed by atoms with Crippen LogP contribution in [0.25, 0.3) is 0 Å². The second-order valence-electron chi connectivity index (χ2n) is 6.13. The zero-order valence-corrected chi connectivity index (χ0v) is 11.9. The lowest BCUT2D eigenvalue weighted by Crippen LogP contribution is -2.61. The van der Waals surface area contributed by atoms with Crippen molar-refractivity contribution in [2.45, 2.75) is 51.1 Å². The molecule has 2 atom stereocenters. The van der Waals surface area contributed by atoms with Crippen molar-refractivity contribution in [2.75, 3.05) is 26.7 Å². The maximum absolute atomic E-state index is 12.2. The van der Waals surface area contributed by atoms with E-state index in [1.54, 1.807) is 0 Å². The van der Waals surface area contributed by atoms with Crippen LogP contribution in [0.2, 0.25) is 0 Å². The second-order valence-corrected chi connectivity index (χ2v) is 6.13. The Morgan fingerprint density at radius 1 is 1.50 bits per heavy atom. The van der Waals surface area contributed by atoms with Gasteiger partial charge in [-0.05, 0) is 44.7 Å². The van der Waals surface area contributed by atoms with Crippen molar-refractivity contribution in [1.82, 2.24) is 10.2 Å².